The van der Waals surface area contributed by atoms with Gasteiger partial charge in [0.15, 0.2) is 0 Å². The van der Waals surface area contributed by atoms with E-state index in [0.717, 1.165) is 0 Å². The Morgan fingerprint density at radius 3 is 2.56 bits per heavy atom. The molecule has 0 spiro atoms. The van der Waals surface area contributed by atoms with Crippen molar-refractivity contribution < 1.29 is 0 Å². The molecule has 50 valence electrons. The highest BCUT2D eigenvalue weighted by Crippen LogP contribution is 1.93. The molecule has 0 bridgehead atoms. The molecule has 0 amide bonds. The predicted octanol–water partition coefficient (Wildman–Crippen LogP) is 0.992. The first-order valence-electron chi connectivity index (χ1n) is 2.70. The van der Waals surface area contributed by atoms with E-state index in [2.05, 4.69) is 11.7 Å². The summed E-state index contributed by atoms with van der Waals surface area (Å²) < 4.78 is 0. The third kappa shape index (κ3) is 2.74. The van der Waals surface area contributed by atoms with E-state index in [0.29, 0.717) is 12.3 Å². The second kappa shape index (κ2) is 3.95. The molecular formula is C6H11N3. The van der Waals surface area contributed by atoms with Crippen LogP contribution < -0.4 is 0 Å². The maximum atomic E-state index is 7.12. The smallest absolute Gasteiger partial charge is 0.0512 e. The molecule has 1 atom stereocenters. The number of rotatable bonds is 4. The van der Waals surface area contributed by atoms with Gasteiger partial charge in [0, 0.05) is 11.9 Å². The molecule has 0 aromatic carbocycles. The molecule has 0 rings (SSSR count). The molecule has 0 fully saturated rings. The maximum Gasteiger partial charge on any atom is 0.0512 e. The number of hydrogen-bond acceptors (Lipinski definition) is 3. The summed E-state index contributed by atoms with van der Waals surface area (Å²) in [5.74, 6) is -0.137. The van der Waals surface area contributed by atoms with Gasteiger partial charge in [-0.15, -0.1) is 0 Å². The highest BCUT2D eigenvalue weighted by Gasteiger charge is 2.03. The minimum atomic E-state index is -0.137. The molecule has 0 aromatic rings. The molecule has 0 aliphatic heterocycles. The SMILES string of the molecule is C=NCC(C=N)C(C)=N. The van der Waals surface area contributed by atoms with E-state index < -0.39 is 0 Å². The summed E-state index contributed by atoms with van der Waals surface area (Å²) in [6, 6.07) is 0. The first-order chi connectivity index (χ1) is 4.22. The summed E-state index contributed by atoms with van der Waals surface area (Å²) in [6.07, 6.45) is 1.22. The minimum Gasteiger partial charge on any atom is -0.312 e. The molecular weight excluding hydrogens is 114 g/mol. The van der Waals surface area contributed by atoms with Crippen molar-refractivity contribution >= 4 is 18.6 Å². The lowest BCUT2D eigenvalue weighted by Gasteiger charge is -2.03. The molecule has 0 saturated carbocycles. The number of nitrogens with one attached hydrogen (secondary N) is 2. The molecule has 0 aromatic heterocycles. The van der Waals surface area contributed by atoms with Crippen molar-refractivity contribution in [1.82, 2.24) is 0 Å². The van der Waals surface area contributed by atoms with Crippen molar-refractivity contribution in [3.8, 4) is 0 Å². The Morgan fingerprint density at radius 1 is 1.89 bits per heavy atom. The fourth-order valence-electron chi connectivity index (χ4n) is 0.454. The van der Waals surface area contributed by atoms with Gasteiger partial charge in [-0.2, -0.15) is 0 Å². The largest absolute Gasteiger partial charge is 0.312 e. The number of nitrogens with zero attached hydrogens (tertiary/aromatic N) is 1. The third-order valence-electron chi connectivity index (χ3n) is 1.08. The molecule has 3 nitrogen and oxygen atoms in total. The summed E-state index contributed by atoms with van der Waals surface area (Å²) >= 11 is 0. The topological polar surface area (TPSA) is 60.1 Å². The zero-order valence-electron chi connectivity index (χ0n) is 5.52. The molecule has 2 N–H and O–H groups in total. The quantitative estimate of drug-likeness (QED) is 0.526. The van der Waals surface area contributed by atoms with Crippen LogP contribution in [-0.2, 0) is 0 Å². The number of aliphatic imine (C=N–C) groups is 1. The van der Waals surface area contributed by atoms with Crippen molar-refractivity contribution in [2.45, 2.75) is 6.92 Å². The normalized spacial score (nSPS) is 12.1. The van der Waals surface area contributed by atoms with Gasteiger partial charge >= 0.3 is 0 Å². The van der Waals surface area contributed by atoms with E-state index in [1.165, 1.54) is 6.21 Å². The zero-order valence-corrected chi connectivity index (χ0v) is 5.52. The fraction of sp³-hybridized carbons (Fsp3) is 0.500. The molecule has 9 heavy (non-hydrogen) atoms. The Morgan fingerprint density at radius 2 is 2.44 bits per heavy atom. The van der Waals surface area contributed by atoms with Crippen LogP contribution in [0.1, 0.15) is 6.92 Å². The monoisotopic (exact) mass is 125 g/mol. The third-order valence-corrected chi connectivity index (χ3v) is 1.08. The van der Waals surface area contributed by atoms with Gasteiger partial charge in [-0.25, -0.2) is 0 Å². The minimum absolute atomic E-state index is 0.137. The fourth-order valence-corrected chi connectivity index (χ4v) is 0.454. The van der Waals surface area contributed by atoms with Gasteiger partial charge in [0.1, 0.15) is 0 Å². The zero-order chi connectivity index (χ0) is 7.28. The second-order valence-electron chi connectivity index (χ2n) is 1.86. The van der Waals surface area contributed by atoms with Gasteiger partial charge in [-0.1, -0.05) is 0 Å². The summed E-state index contributed by atoms with van der Waals surface area (Å²) in [6.45, 7) is 5.41. The van der Waals surface area contributed by atoms with Crippen LogP contribution in [0.25, 0.3) is 0 Å². The molecule has 0 aliphatic rings. The average Bonchev–Trinajstić information content (AvgIpc) is 1.82. The van der Waals surface area contributed by atoms with Crippen LogP contribution in [0, 0.1) is 16.7 Å². The number of hydrogen-bond donors (Lipinski definition) is 2. The predicted molar refractivity (Wildman–Crippen MR) is 40.1 cm³/mol. The molecule has 0 radical (unpaired) electrons. The van der Waals surface area contributed by atoms with E-state index in [4.69, 9.17) is 10.8 Å². The van der Waals surface area contributed by atoms with Crippen LogP contribution in [0.4, 0.5) is 0 Å². The molecule has 3 heteroatoms. The van der Waals surface area contributed by atoms with Crippen molar-refractivity contribution in [3.05, 3.63) is 0 Å². The van der Waals surface area contributed by atoms with Gasteiger partial charge in [0.05, 0.1) is 12.5 Å². The Balaban J connectivity index is 3.81. The van der Waals surface area contributed by atoms with Crippen molar-refractivity contribution in [1.29, 1.82) is 10.8 Å². The Hall–Kier alpha value is -0.990. The van der Waals surface area contributed by atoms with Crippen LogP contribution in [0.15, 0.2) is 4.99 Å². The van der Waals surface area contributed by atoms with E-state index in [9.17, 15) is 0 Å². The van der Waals surface area contributed by atoms with Crippen LogP contribution in [0.2, 0.25) is 0 Å². The standard InChI is InChI=1S/C6H11N3/c1-5(8)6(3-7)4-9-2/h3,6-8H,2,4H2,1H3. The maximum absolute atomic E-state index is 7.12. The Kier molecular flexibility index (Phi) is 3.51. The van der Waals surface area contributed by atoms with Crippen LogP contribution in [-0.4, -0.2) is 25.2 Å². The lowest BCUT2D eigenvalue weighted by Crippen LogP contribution is -2.14. The highest BCUT2D eigenvalue weighted by atomic mass is 14.7. The summed E-state index contributed by atoms with van der Waals surface area (Å²) in [5, 5.41) is 14.0. The summed E-state index contributed by atoms with van der Waals surface area (Å²) in [4.78, 5) is 3.59. The molecule has 0 aliphatic carbocycles. The first kappa shape index (κ1) is 8.01. The van der Waals surface area contributed by atoms with Crippen molar-refractivity contribution in [3.63, 3.8) is 0 Å². The second-order valence-corrected chi connectivity index (χ2v) is 1.86. The van der Waals surface area contributed by atoms with Gasteiger partial charge in [-0.05, 0) is 13.6 Å². The molecule has 0 saturated heterocycles. The summed E-state index contributed by atoms with van der Waals surface area (Å²) in [7, 11) is 0. The van der Waals surface area contributed by atoms with Crippen molar-refractivity contribution in [2.75, 3.05) is 6.54 Å². The van der Waals surface area contributed by atoms with Gasteiger partial charge < -0.3 is 10.8 Å². The lowest BCUT2D eigenvalue weighted by molar-refractivity contribution is 0.912. The Bertz CT molecular complexity index is 128. The first-order valence-corrected chi connectivity index (χ1v) is 2.70. The van der Waals surface area contributed by atoms with Gasteiger partial charge in [0.25, 0.3) is 0 Å². The lowest BCUT2D eigenvalue weighted by atomic mass is 10.1. The van der Waals surface area contributed by atoms with Gasteiger partial charge in [0.2, 0.25) is 0 Å². The molecule has 1 unspecified atom stereocenters. The van der Waals surface area contributed by atoms with Crippen LogP contribution in [0.5, 0.6) is 0 Å². The van der Waals surface area contributed by atoms with Crippen LogP contribution in [0.3, 0.4) is 0 Å². The van der Waals surface area contributed by atoms with Crippen LogP contribution >= 0.6 is 0 Å². The van der Waals surface area contributed by atoms with Gasteiger partial charge in [-0.3, -0.25) is 4.99 Å². The Labute approximate surface area is 54.8 Å². The van der Waals surface area contributed by atoms with E-state index in [1.807, 2.05) is 0 Å². The van der Waals surface area contributed by atoms with E-state index in [-0.39, 0.29) is 5.92 Å². The summed E-state index contributed by atoms with van der Waals surface area (Å²) in [5.41, 5.74) is 0.470. The average molecular weight is 125 g/mol. The van der Waals surface area contributed by atoms with E-state index in [1.54, 1.807) is 6.92 Å². The highest BCUT2D eigenvalue weighted by molar-refractivity contribution is 5.94. The van der Waals surface area contributed by atoms with Crippen molar-refractivity contribution in [2.24, 2.45) is 10.9 Å². The van der Waals surface area contributed by atoms with E-state index >= 15 is 0 Å². The molecule has 0 heterocycles.